The molecule has 1 saturated heterocycles. The average molecular weight is 578 g/mol. The van der Waals surface area contributed by atoms with Gasteiger partial charge in [-0.3, -0.25) is 9.59 Å². The van der Waals surface area contributed by atoms with Gasteiger partial charge in [0, 0.05) is 42.3 Å². The molecule has 1 atom stereocenters. The zero-order valence-corrected chi connectivity index (χ0v) is 22.5. The molecule has 0 radical (unpaired) electrons. The predicted molar refractivity (Wildman–Crippen MR) is 143 cm³/mol. The maximum absolute atomic E-state index is 13.1. The van der Waals surface area contributed by atoms with Gasteiger partial charge in [0.1, 0.15) is 0 Å². The second-order valence-corrected chi connectivity index (χ2v) is 10.5. The number of fused-ring (bicyclic) bond motifs is 1. The van der Waals surface area contributed by atoms with Gasteiger partial charge in [-0.15, -0.1) is 0 Å². The number of halogens is 2. The molecule has 2 heterocycles. The van der Waals surface area contributed by atoms with Crippen LogP contribution < -0.4 is 11.1 Å². The van der Waals surface area contributed by atoms with E-state index in [9.17, 15) is 14.4 Å². The number of urea groups is 1. The zero-order chi connectivity index (χ0) is 25.8. The number of nitrogens with zero attached hydrogens (tertiary/aromatic N) is 2. The number of para-hydroxylation sites is 1. The number of anilines is 2. The fourth-order valence-electron chi connectivity index (χ4n) is 4.95. The minimum Gasteiger partial charge on any atom is -0.469 e. The Balaban J connectivity index is 1.35. The number of carbonyl (C=O) groups is 3. The lowest BCUT2D eigenvalue weighted by Crippen LogP contribution is -2.50. The van der Waals surface area contributed by atoms with E-state index in [2.05, 4.69) is 21.2 Å². The van der Waals surface area contributed by atoms with Crippen LogP contribution >= 0.6 is 27.5 Å². The van der Waals surface area contributed by atoms with Gasteiger partial charge in [-0.2, -0.15) is 0 Å². The number of benzene rings is 2. The largest absolute Gasteiger partial charge is 0.469 e. The molecule has 3 N–H and O–H groups in total. The highest BCUT2D eigenvalue weighted by Gasteiger charge is 2.33. The third-order valence-electron chi connectivity index (χ3n) is 6.98. The molecule has 0 saturated carbocycles. The minimum absolute atomic E-state index is 0.0382. The van der Waals surface area contributed by atoms with Crippen molar-refractivity contribution in [2.24, 2.45) is 5.92 Å². The fraction of sp³-hybridized carbons (Fsp3) is 0.423. The zero-order valence-electron chi connectivity index (χ0n) is 20.1. The molecule has 2 aliphatic rings. The molecule has 1 unspecified atom stereocenters. The van der Waals surface area contributed by atoms with Crippen molar-refractivity contribution in [3.05, 3.63) is 57.0 Å². The standard InChI is InChI=1S/C26H30BrClN4O4/c1-36-25(34)18(12-16-13-20(27)24(29)21(28)14-16)15-23(33)31-9-7-19(8-10-31)32-11-6-17-4-2-3-5-22(17)30-26(32)35/h2-5,13-14,18-19H,6-12,15,29H2,1H3,(H,30,35). The molecule has 8 nitrogen and oxygen atoms in total. The Hall–Kier alpha value is -2.78. The van der Waals surface area contributed by atoms with Crippen molar-refractivity contribution in [1.29, 1.82) is 0 Å². The van der Waals surface area contributed by atoms with Crippen molar-refractivity contribution in [2.75, 3.05) is 37.8 Å². The average Bonchev–Trinajstić information content (AvgIpc) is 3.04. The first-order valence-electron chi connectivity index (χ1n) is 12.0. The van der Waals surface area contributed by atoms with Crippen LogP contribution in [0, 0.1) is 5.92 Å². The monoisotopic (exact) mass is 576 g/mol. The molecule has 0 spiro atoms. The van der Waals surface area contributed by atoms with Gasteiger partial charge in [0.05, 0.1) is 23.7 Å². The molecule has 192 valence electrons. The molecular formula is C26H30BrClN4O4. The van der Waals surface area contributed by atoms with E-state index in [1.165, 1.54) is 7.11 Å². The number of hydrogen-bond acceptors (Lipinski definition) is 5. The molecule has 2 aliphatic heterocycles. The summed E-state index contributed by atoms with van der Waals surface area (Å²) in [7, 11) is 1.32. The fourth-order valence-corrected chi connectivity index (χ4v) is 5.81. The SMILES string of the molecule is COC(=O)C(CC(=O)N1CCC(N2CCc3ccccc3NC2=O)CC1)Cc1cc(Cl)c(N)c(Br)c1. The summed E-state index contributed by atoms with van der Waals surface area (Å²) in [6.45, 7) is 1.71. The van der Waals surface area contributed by atoms with Crippen LogP contribution in [0.4, 0.5) is 16.2 Å². The lowest BCUT2D eigenvalue weighted by Gasteiger charge is -2.38. The summed E-state index contributed by atoms with van der Waals surface area (Å²) in [4.78, 5) is 42.1. The Bertz CT molecular complexity index is 1130. The Morgan fingerprint density at radius 1 is 1.22 bits per heavy atom. The van der Waals surface area contributed by atoms with Crippen molar-refractivity contribution in [3.8, 4) is 0 Å². The summed E-state index contributed by atoms with van der Waals surface area (Å²) < 4.78 is 5.61. The van der Waals surface area contributed by atoms with E-state index in [4.69, 9.17) is 22.1 Å². The molecule has 0 aromatic heterocycles. The topological polar surface area (TPSA) is 105 Å². The highest BCUT2D eigenvalue weighted by Crippen LogP contribution is 2.31. The molecule has 2 aromatic rings. The Morgan fingerprint density at radius 3 is 2.64 bits per heavy atom. The van der Waals surface area contributed by atoms with Crippen LogP contribution in [0.2, 0.25) is 5.02 Å². The minimum atomic E-state index is -0.637. The van der Waals surface area contributed by atoms with Gasteiger partial charge in [-0.25, -0.2) is 4.79 Å². The first-order chi connectivity index (χ1) is 17.3. The molecule has 2 aromatic carbocycles. The lowest BCUT2D eigenvalue weighted by molar-refractivity contribution is -0.149. The number of hydrogen-bond donors (Lipinski definition) is 2. The van der Waals surface area contributed by atoms with Gasteiger partial charge in [-0.05, 0) is 70.9 Å². The number of piperidine rings is 1. The van der Waals surface area contributed by atoms with E-state index in [-0.39, 0.29) is 24.4 Å². The summed E-state index contributed by atoms with van der Waals surface area (Å²) in [5.41, 5.74) is 9.10. The van der Waals surface area contributed by atoms with Crippen molar-refractivity contribution in [2.45, 2.75) is 38.1 Å². The van der Waals surface area contributed by atoms with Crippen LogP contribution in [0.15, 0.2) is 40.9 Å². The van der Waals surface area contributed by atoms with Gasteiger partial charge < -0.3 is 25.6 Å². The normalized spacial score (nSPS) is 17.1. The van der Waals surface area contributed by atoms with Gasteiger partial charge >= 0.3 is 12.0 Å². The maximum Gasteiger partial charge on any atom is 0.322 e. The lowest BCUT2D eigenvalue weighted by atomic mass is 9.94. The second-order valence-electron chi connectivity index (χ2n) is 9.24. The van der Waals surface area contributed by atoms with Gasteiger partial charge in [0.15, 0.2) is 0 Å². The number of methoxy groups -OCH3 is 1. The van der Waals surface area contributed by atoms with E-state index < -0.39 is 11.9 Å². The number of esters is 1. The van der Waals surface area contributed by atoms with E-state index in [0.29, 0.717) is 54.1 Å². The Morgan fingerprint density at radius 2 is 1.94 bits per heavy atom. The molecule has 3 amide bonds. The smallest absolute Gasteiger partial charge is 0.322 e. The van der Waals surface area contributed by atoms with Crippen molar-refractivity contribution in [3.63, 3.8) is 0 Å². The quantitative estimate of drug-likeness (QED) is 0.389. The molecular weight excluding hydrogens is 548 g/mol. The maximum atomic E-state index is 13.1. The molecule has 36 heavy (non-hydrogen) atoms. The number of carbonyl (C=O) groups excluding carboxylic acids is 3. The van der Waals surface area contributed by atoms with Crippen LogP contribution in [0.5, 0.6) is 0 Å². The van der Waals surface area contributed by atoms with Crippen molar-refractivity contribution < 1.29 is 19.1 Å². The number of nitrogens with one attached hydrogen (secondary N) is 1. The van der Waals surface area contributed by atoms with Crippen molar-refractivity contribution in [1.82, 2.24) is 9.80 Å². The summed E-state index contributed by atoms with van der Waals surface area (Å²) in [5.74, 6) is -1.18. The number of amides is 3. The van der Waals surface area contributed by atoms with Gasteiger partial charge in [0.2, 0.25) is 5.91 Å². The summed E-state index contributed by atoms with van der Waals surface area (Å²) >= 11 is 9.57. The number of nitrogen functional groups attached to an aromatic ring is 1. The second kappa shape index (κ2) is 11.5. The summed E-state index contributed by atoms with van der Waals surface area (Å²) in [6, 6.07) is 11.3. The van der Waals surface area contributed by atoms with E-state index in [0.717, 1.165) is 23.2 Å². The number of rotatable bonds is 6. The van der Waals surface area contributed by atoms with Gasteiger partial charge in [0.25, 0.3) is 0 Å². The van der Waals surface area contributed by atoms with E-state index in [1.54, 1.807) is 17.0 Å². The third kappa shape index (κ3) is 5.95. The molecule has 4 rings (SSSR count). The number of nitrogens with two attached hydrogens (primary N) is 1. The molecule has 1 fully saturated rings. The molecule has 10 heteroatoms. The molecule has 0 aliphatic carbocycles. The van der Waals surface area contributed by atoms with Crippen LogP contribution in [0.3, 0.4) is 0 Å². The Labute approximate surface area is 224 Å². The Kier molecular flexibility index (Phi) is 8.41. The van der Waals surface area contributed by atoms with Crippen molar-refractivity contribution >= 4 is 56.8 Å². The van der Waals surface area contributed by atoms with E-state index in [1.807, 2.05) is 29.2 Å². The number of ether oxygens (including phenoxy) is 1. The number of likely N-dealkylation sites (tertiary alicyclic amines) is 1. The van der Waals surface area contributed by atoms with Crippen LogP contribution in [-0.2, 0) is 27.2 Å². The predicted octanol–water partition coefficient (Wildman–Crippen LogP) is 4.49. The third-order valence-corrected chi connectivity index (χ3v) is 7.95. The van der Waals surface area contributed by atoms with E-state index >= 15 is 0 Å². The van der Waals surface area contributed by atoms with Crippen LogP contribution in [0.1, 0.15) is 30.4 Å². The summed E-state index contributed by atoms with van der Waals surface area (Å²) in [6.07, 6.45) is 2.52. The summed E-state index contributed by atoms with van der Waals surface area (Å²) in [5, 5.41) is 3.40. The van der Waals surface area contributed by atoms with Crippen LogP contribution in [-0.4, -0.2) is 60.5 Å². The highest BCUT2D eigenvalue weighted by molar-refractivity contribution is 9.10. The first kappa shape index (κ1) is 26.3. The molecule has 0 bridgehead atoms. The van der Waals surface area contributed by atoms with Crippen LogP contribution in [0.25, 0.3) is 0 Å². The first-order valence-corrected chi connectivity index (χ1v) is 13.2. The van der Waals surface area contributed by atoms with Gasteiger partial charge in [-0.1, -0.05) is 29.8 Å². The highest BCUT2D eigenvalue weighted by atomic mass is 79.9.